The molecule has 0 N–H and O–H groups in total. The van der Waals surface area contributed by atoms with Crippen LogP contribution in [0.15, 0.2) is 48.2 Å². The third kappa shape index (κ3) is 4.04. The van der Waals surface area contributed by atoms with Crippen LogP contribution in [0, 0.1) is 11.7 Å². The molecule has 0 unspecified atom stereocenters. The van der Waals surface area contributed by atoms with Crippen LogP contribution in [0.1, 0.15) is 32.3 Å². The molecule has 0 radical (unpaired) electrons. The van der Waals surface area contributed by atoms with Crippen LogP contribution in [0.5, 0.6) is 5.75 Å². The molecule has 0 aliphatic carbocycles. The number of piperidine rings is 1. The molecule has 1 saturated heterocycles. The Balaban J connectivity index is 1.78. The monoisotopic (exact) mass is 442 g/mol. The molecule has 2 aliphatic heterocycles. The van der Waals surface area contributed by atoms with E-state index in [9.17, 15) is 14.0 Å². The van der Waals surface area contributed by atoms with Crippen LogP contribution in [-0.4, -0.2) is 36.4 Å². The number of nitrogens with zero attached hydrogens (tertiary/aromatic N) is 2. The summed E-state index contributed by atoms with van der Waals surface area (Å²) in [4.78, 5) is 30.1. The molecule has 0 atom stereocenters. The van der Waals surface area contributed by atoms with Gasteiger partial charge < -0.3 is 9.64 Å². The predicted molar refractivity (Wildman–Crippen MR) is 118 cm³/mol. The van der Waals surface area contributed by atoms with Gasteiger partial charge in [-0.3, -0.25) is 9.59 Å². The van der Waals surface area contributed by atoms with Crippen molar-refractivity contribution in [1.82, 2.24) is 4.90 Å². The maximum absolute atomic E-state index is 13.7. The van der Waals surface area contributed by atoms with Gasteiger partial charge in [0.25, 0.3) is 11.8 Å². The number of rotatable bonds is 5. The van der Waals surface area contributed by atoms with Gasteiger partial charge in [-0.15, -0.1) is 0 Å². The quantitative estimate of drug-likeness (QED) is 0.618. The third-order valence-electron chi connectivity index (χ3n) is 5.77. The summed E-state index contributed by atoms with van der Waals surface area (Å²) in [5.74, 6) is -0.185. The van der Waals surface area contributed by atoms with Crippen molar-refractivity contribution in [3.05, 3.63) is 64.6 Å². The Hall–Kier alpha value is -2.86. The minimum absolute atomic E-state index is 0.138. The van der Waals surface area contributed by atoms with Gasteiger partial charge in [0.05, 0.1) is 22.9 Å². The van der Waals surface area contributed by atoms with E-state index < -0.39 is 17.6 Å². The predicted octanol–water partition coefficient (Wildman–Crippen LogP) is 4.89. The number of imide groups is 1. The average molecular weight is 443 g/mol. The van der Waals surface area contributed by atoms with Gasteiger partial charge in [-0.1, -0.05) is 30.7 Å². The van der Waals surface area contributed by atoms with Crippen molar-refractivity contribution in [2.75, 3.05) is 24.6 Å². The van der Waals surface area contributed by atoms with E-state index in [0.29, 0.717) is 48.2 Å². The smallest absolute Gasteiger partial charge is 0.282 e. The summed E-state index contributed by atoms with van der Waals surface area (Å²) < 4.78 is 19.2. The van der Waals surface area contributed by atoms with Crippen molar-refractivity contribution in [2.24, 2.45) is 5.92 Å². The van der Waals surface area contributed by atoms with Crippen molar-refractivity contribution in [2.45, 2.75) is 26.7 Å². The molecule has 7 heteroatoms. The molecular weight excluding hydrogens is 419 g/mol. The summed E-state index contributed by atoms with van der Waals surface area (Å²) in [6.45, 7) is 6.03. The topological polar surface area (TPSA) is 49.9 Å². The molecule has 2 amide bonds. The number of benzene rings is 2. The van der Waals surface area contributed by atoms with Gasteiger partial charge in [-0.25, -0.2) is 9.29 Å². The van der Waals surface area contributed by atoms with Crippen LogP contribution in [0.4, 0.5) is 10.1 Å². The van der Waals surface area contributed by atoms with Crippen molar-refractivity contribution in [3.63, 3.8) is 0 Å². The SMILES string of the molecule is CCOc1ccc(C2=C(N3CCC(C)CC3)C(=O)N(c3ccc(F)c(Cl)c3)C2=O)cc1. The summed E-state index contributed by atoms with van der Waals surface area (Å²) in [6, 6.07) is 11.0. The summed E-state index contributed by atoms with van der Waals surface area (Å²) in [5, 5.41) is -0.138. The normalized spacial score (nSPS) is 17.7. The van der Waals surface area contributed by atoms with Crippen molar-refractivity contribution in [1.29, 1.82) is 0 Å². The molecule has 162 valence electrons. The molecule has 2 heterocycles. The Bertz CT molecular complexity index is 1040. The first-order valence-corrected chi connectivity index (χ1v) is 10.8. The van der Waals surface area contributed by atoms with E-state index in [1.54, 1.807) is 24.3 Å². The standard InChI is InChI=1S/C24H24ClFN2O3/c1-3-31-18-7-4-16(5-8-18)21-22(27-12-10-15(2)11-13-27)24(30)28(23(21)29)17-6-9-20(26)19(25)14-17/h4-9,14-15H,3,10-13H2,1-2H3. The van der Waals surface area contributed by atoms with E-state index in [-0.39, 0.29) is 10.7 Å². The number of likely N-dealkylation sites (tertiary alicyclic amines) is 1. The molecule has 2 aromatic carbocycles. The first-order chi connectivity index (χ1) is 14.9. The highest BCUT2D eigenvalue weighted by atomic mass is 35.5. The Morgan fingerprint density at radius 2 is 1.74 bits per heavy atom. The lowest BCUT2D eigenvalue weighted by atomic mass is 9.97. The molecule has 2 aromatic rings. The number of amides is 2. The Morgan fingerprint density at radius 3 is 2.35 bits per heavy atom. The van der Waals surface area contributed by atoms with E-state index in [2.05, 4.69) is 6.92 Å². The summed E-state index contributed by atoms with van der Waals surface area (Å²) in [5.41, 5.74) is 1.64. The highest BCUT2D eigenvalue weighted by Crippen LogP contribution is 2.37. The van der Waals surface area contributed by atoms with E-state index in [4.69, 9.17) is 16.3 Å². The lowest BCUT2D eigenvalue weighted by Crippen LogP contribution is -2.38. The minimum Gasteiger partial charge on any atom is -0.494 e. The molecular formula is C24H24ClFN2O3. The summed E-state index contributed by atoms with van der Waals surface area (Å²) >= 11 is 5.93. The molecule has 0 spiro atoms. The van der Waals surface area contributed by atoms with Crippen LogP contribution in [0.25, 0.3) is 5.57 Å². The number of hydrogen-bond donors (Lipinski definition) is 0. The summed E-state index contributed by atoms with van der Waals surface area (Å²) in [6.07, 6.45) is 1.90. The largest absolute Gasteiger partial charge is 0.494 e. The van der Waals surface area contributed by atoms with Crippen molar-refractivity contribution in [3.8, 4) is 5.75 Å². The van der Waals surface area contributed by atoms with Gasteiger partial charge in [-0.2, -0.15) is 0 Å². The second-order valence-corrected chi connectivity index (χ2v) is 8.30. The van der Waals surface area contributed by atoms with Gasteiger partial charge in [0.15, 0.2) is 0 Å². The Kier molecular flexibility index (Phi) is 6.01. The molecule has 2 aliphatic rings. The Labute approximate surface area is 186 Å². The highest BCUT2D eigenvalue weighted by Gasteiger charge is 2.43. The lowest BCUT2D eigenvalue weighted by molar-refractivity contribution is -0.120. The average Bonchev–Trinajstić information content (AvgIpc) is 3.02. The fourth-order valence-electron chi connectivity index (χ4n) is 4.05. The zero-order chi connectivity index (χ0) is 22.1. The molecule has 4 rings (SSSR count). The van der Waals surface area contributed by atoms with Gasteiger partial charge in [-0.05, 0) is 61.6 Å². The second kappa shape index (κ2) is 8.71. The molecule has 1 fully saturated rings. The number of anilines is 1. The van der Waals surface area contributed by atoms with E-state index >= 15 is 0 Å². The number of carbonyl (C=O) groups is 2. The molecule has 0 saturated carbocycles. The van der Waals surface area contributed by atoms with Gasteiger partial charge in [0.2, 0.25) is 0 Å². The van der Waals surface area contributed by atoms with Crippen LogP contribution in [0.3, 0.4) is 0 Å². The maximum atomic E-state index is 13.7. The Morgan fingerprint density at radius 1 is 1.06 bits per heavy atom. The van der Waals surface area contributed by atoms with E-state index in [1.807, 2.05) is 11.8 Å². The molecule has 31 heavy (non-hydrogen) atoms. The van der Waals surface area contributed by atoms with Crippen LogP contribution in [0.2, 0.25) is 5.02 Å². The van der Waals surface area contributed by atoms with Crippen molar-refractivity contribution < 1.29 is 18.7 Å². The van der Waals surface area contributed by atoms with E-state index in [1.165, 1.54) is 12.1 Å². The zero-order valence-corrected chi connectivity index (χ0v) is 18.3. The van der Waals surface area contributed by atoms with E-state index in [0.717, 1.165) is 23.8 Å². The first-order valence-electron chi connectivity index (χ1n) is 10.5. The zero-order valence-electron chi connectivity index (χ0n) is 17.5. The van der Waals surface area contributed by atoms with Gasteiger partial charge in [0, 0.05) is 13.1 Å². The number of hydrogen-bond acceptors (Lipinski definition) is 4. The second-order valence-electron chi connectivity index (χ2n) is 7.89. The molecule has 5 nitrogen and oxygen atoms in total. The fraction of sp³-hybridized carbons (Fsp3) is 0.333. The van der Waals surface area contributed by atoms with Gasteiger partial charge in [0.1, 0.15) is 17.3 Å². The fourth-order valence-corrected chi connectivity index (χ4v) is 4.22. The third-order valence-corrected chi connectivity index (χ3v) is 6.06. The minimum atomic E-state index is -0.602. The van der Waals surface area contributed by atoms with Crippen LogP contribution < -0.4 is 9.64 Å². The lowest BCUT2D eigenvalue weighted by Gasteiger charge is -2.32. The molecule has 0 aromatic heterocycles. The number of ether oxygens (including phenoxy) is 1. The van der Waals surface area contributed by atoms with Crippen molar-refractivity contribution >= 4 is 34.7 Å². The van der Waals surface area contributed by atoms with Crippen LogP contribution in [-0.2, 0) is 9.59 Å². The van der Waals surface area contributed by atoms with Gasteiger partial charge >= 0.3 is 0 Å². The molecule has 0 bridgehead atoms. The number of halogens is 2. The van der Waals surface area contributed by atoms with Crippen LogP contribution >= 0.6 is 11.6 Å². The number of carbonyl (C=O) groups excluding carboxylic acids is 2. The summed E-state index contributed by atoms with van der Waals surface area (Å²) in [7, 11) is 0. The first kappa shape index (κ1) is 21.4. The highest BCUT2D eigenvalue weighted by molar-refractivity contribution is 6.45. The maximum Gasteiger partial charge on any atom is 0.282 e.